The van der Waals surface area contributed by atoms with Crippen LogP contribution in [-0.4, -0.2) is 30.3 Å². The van der Waals surface area contributed by atoms with Gasteiger partial charge in [-0.15, -0.1) is 11.3 Å². The Morgan fingerprint density at radius 1 is 1.62 bits per heavy atom. The van der Waals surface area contributed by atoms with Gasteiger partial charge in [-0.05, 0) is 20.8 Å². The van der Waals surface area contributed by atoms with Crippen molar-refractivity contribution in [3.05, 3.63) is 16.1 Å². The van der Waals surface area contributed by atoms with Crippen LogP contribution in [0.5, 0.6) is 0 Å². The van der Waals surface area contributed by atoms with Crippen LogP contribution in [0.3, 0.4) is 0 Å². The molecule has 0 radical (unpaired) electrons. The van der Waals surface area contributed by atoms with E-state index in [2.05, 4.69) is 4.98 Å². The molecule has 0 bridgehead atoms. The molecule has 0 aliphatic heterocycles. The first-order chi connectivity index (χ1) is 7.65. The molecule has 0 fully saturated rings. The van der Waals surface area contributed by atoms with Gasteiger partial charge in [0.1, 0.15) is 0 Å². The maximum absolute atomic E-state index is 11.2. The van der Waals surface area contributed by atoms with Crippen LogP contribution < -0.4 is 0 Å². The van der Waals surface area contributed by atoms with E-state index in [0.717, 1.165) is 12.1 Å². The molecule has 90 valence electrons. The molecule has 0 aliphatic rings. The van der Waals surface area contributed by atoms with E-state index in [0.29, 0.717) is 13.2 Å². The summed E-state index contributed by atoms with van der Waals surface area (Å²) in [5.41, 5.74) is 2.86. The van der Waals surface area contributed by atoms with Crippen molar-refractivity contribution < 1.29 is 14.3 Å². The zero-order chi connectivity index (χ0) is 12.0. The Labute approximate surface area is 99.6 Å². The minimum atomic E-state index is -0.492. The molecule has 0 aliphatic carbocycles. The highest BCUT2D eigenvalue weighted by Gasteiger charge is 2.14. The molecular formula is C11H17NO3S. The van der Waals surface area contributed by atoms with E-state index in [1.807, 2.05) is 12.4 Å². The van der Waals surface area contributed by atoms with Crippen molar-refractivity contribution in [2.75, 3.05) is 13.2 Å². The fourth-order valence-corrected chi connectivity index (χ4v) is 1.98. The fraction of sp³-hybridized carbons (Fsp3) is 0.636. The number of aromatic nitrogens is 1. The third kappa shape index (κ3) is 3.90. The first kappa shape index (κ1) is 13.1. The van der Waals surface area contributed by atoms with Gasteiger partial charge in [-0.1, -0.05) is 0 Å². The van der Waals surface area contributed by atoms with Gasteiger partial charge in [0.25, 0.3) is 0 Å². The van der Waals surface area contributed by atoms with Gasteiger partial charge in [-0.25, -0.2) is 9.78 Å². The number of carbonyl (C=O) groups excluding carboxylic acids is 1. The number of esters is 1. The van der Waals surface area contributed by atoms with Gasteiger partial charge < -0.3 is 9.47 Å². The van der Waals surface area contributed by atoms with Crippen molar-refractivity contribution >= 4 is 17.3 Å². The average molecular weight is 243 g/mol. The second kappa shape index (κ2) is 6.60. The van der Waals surface area contributed by atoms with Gasteiger partial charge in [0, 0.05) is 11.3 Å². The highest BCUT2D eigenvalue weighted by Crippen LogP contribution is 2.12. The molecule has 1 aromatic rings. The molecule has 0 aromatic carbocycles. The maximum atomic E-state index is 11.2. The van der Waals surface area contributed by atoms with E-state index in [4.69, 9.17) is 9.47 Å². The zero-order valence-corrected chi connectivity index (χ0v) is 10.7. The summed E-state index contributed by atoms with van der Waals surface area (Å²) in [5.74, 6) is -0.302. The number of carbonyl (C=O) groups is 1. The molecule has 5 heteroatoms. The van der Waals surface area contributed by atoms with E-state index in [1.165, 1.54) is 4.88 Å². The van der Waals surface area contributed by atoms with Crippen LogP contribution in [0.15, 0.2) is 5.51 Å². The van der Waals surface area contributed by atoms with Crippen molar-refractivity contribution in [1.29, 1.82) is 0 Å². The summed E-state index contributed by atoms with van der Waals surface area (Å²) in [6.07, 6.45) is 0.299. The van der Waals surface area contributed by atoms with Crippen LogP contribution in [0.4, 0.5) is 0 Å². The number of thiazole rings is 1. The molecule has 1 aromatic heterocycles. The van der Waals surface area contributed by atoms with Gasteiger partial charge in [-0.3, -0.25) is 0 Å². The molecule has 1 heterocycles. The van der Waals surface area contributed by atoms with E-state index in [-0.39, 0.29) is 5.97 Å². The monoisotopic (exact) mass is 243 g/mol. The fourth-order valence-electron chi connectivity index (χ4n) is 1.22. The smallest absolute Gasteiger partial charge is 0.334 e. The molecule has 0 N–H and O–H groups in total. The number of nitrogens with zero attached hydrogens (tertiary/aromatic N) is 1. The molecule has 1 atom stereocenters. The van der Waals surface area contributed by atoms with Gasteiger partial charge >= 0.3 is 5.97 Å². The Morgan fingerprint density at radius 3 is 2.94 bits per heavy atom. The number of rotatable bonds is 6. The Bertz CT molecular complexity index is 338. The Balaban J connectivity index is 2.25. The predicted molar refractivity (Wildman–Crippen MR) is 62.6 cm³/mol. The summed E-state index contributed by atoms with van der Waals surface area (Å²) in [4.78, 5) is 16.6. The largest absolute Gasteiger partial charge is 0.464 e. The molecule has 4 nitrogen and oxygen atoms in total. The average Bonchev–Trinajstić information content (AvgIpc) is 2.65. The van der Waals surface area contributed by atoms with Crippen molar-refractivity contribution in [3.8, 4) is 0 Å². The lowest BCUT2D eigenvalue weighted by molar-refractivity contribution is -0.155. The lowest BCUT2D eigenvalue weighted by Gasteiger charge is -2.11. The Hall–Kier alpha value is -0.940. The summed E-state index contributed by atoms with van der Waals surface area (Å²) < 4.78 is 10.2. The highest BCUT2D eigenvalue weighted by molar-refractivity contribution is 7.09. The van der Waals surface area contributed by atoms with Crippen LogP contribution in [-0.2, 0) is 20.7 Å². The topological polar surface area (TPSA) is 48.4 Å². The van der Waals surface area contributed by atoms with E-state index in [1.54, 1.807) is 25.2 Å². The molecule has 1 rings (SSSR count). The second-order valence-electron chi connectivity index (χ2n) is 3.38. The van der Waals surface area contributed by atoms with Crippen molar-refractivity contribution in [3.63, 3.8) is 0 Å². The number of ether oxygens (including phenoxy) is 2. The predicted octanol–water partition coefficient (Wildman–Crippen LogP) is 1.96. The molecule has 0 amide bonds. The third-order valence-corrected chi connectivity index (χ3v) is 3.16. The molecule has 1 unspecified atom stereocenters. The second-order valence-corrected chi connectivity index (χ2v) is 4.32. The van der Waals surface area contributed by atoms with E-state index in [9.17, 15) is 4.79 Å². The third-order valence-electron chi connectivity index (χ3n) is 2.16. The highest BCUT2D eigenvalue weighted by atomic mass is 32.1. The maximum Gasteiger partial charge on any atom is 0.334 e. The quantitative estimate of drug-likeness (QED) is 0.717. The molecule has 0 saturated heterocycles. The van der Waals surface area contributed by atoms with Crippen molar-refractivity contribution in [2.45, 2.75) is 33.3 Å². The summed E-state index contributed by atoms with van der Waals surface area (Å²) in [7, 11) is 0. The first-order valence-electron chi connectivity index (χ1n) is 5.32. The summed E-state index contributed by atoms with van der Waals surface area (Å²) in [6.45, 7) is 6.37. The van der Waals surface area contributed by atoms with Gasteiger partial charge in [0.05, 0.1) is 24.4 Å². The minimum Gasteiger partial charge on any atom is -0.464 e. The van der Waals surface area contributed by atoms with Crippen molar-refractivity contribution in [1.82, 2.24) is 4.98 Å². The summed E-state index contributed by atoms with van der Waals surface area (Å²) in [6, 6.07) is 0. The normalized spacial score (nSPS) is 12.4. The van der Waals surface area contributed by atoms with Gasteiger partial charge in [0.2, 0.25) is 0 Å². The number of hydrogen-bond acceptors (Lipinski definition) is 5. The van der Waals surface area contributed by atoms with Gasteiger partial charge in [0.15, 0.2) is 6.10 Å². The summed E-state index contributed by atoms with van der Waals surface area (Å²) >= 11 is 1.61. The van der Waals surface area contributed by atoms with Crippen molar-refractivity contribution in [2.24, 2.45) is 0 Å². The summed E-state index contributed by atoms with van der Waals surface area (Å²) in [5, 5.41) is 0. The van der Waals surface area contributed by atoms with Crippen LogP contribution in [0.25, 0.3) is 0 Å². The molecule has 16 heavy (non-hydrogen) atoms. The van der Waals surface area contributed by atoms with E-state index < -0.39 is 6.10 Å². The number of hydrogen-bond donors (Lipinski definition) is 0. The van der Waals surface area contributed by atoms with Crippen LogP contribution in [0.1, 0.15) is 24.4 Å². The lowest BCUT2D eigenvalue weighted by atomic mass is 10.3. The number of aryl methyl sites for hydroxylation is 1. The first-order valence-corrected chi connectivity index (χ1v) is 6.20. The minimum absolute atomic E-state index is 0.302. The van der Waals surface area contributed by atoms with Crippen LogP contribution in [0, 0.1) is 6.92 Å². The van der Waals surface area contributed by atoms with Crippen LogP contribution >= 0.6 is 11.3 Å². The Morgan fingerprint density at radius 2 is 2.38 bits per heavy atom. The zero-order valence-electron chi connectivity index (χ0n) is 9.86. The standard InChI is InChI=1S/C11H17NO3S/c1-4-14-11(13)9(3)15-6-5-10-8(2)12-7-16-10/h7,9H,4-6H2,1-3H3. The molecular weight excluding hydrogens is 226 g/mol. The Kier molecular flexibility index (Phi) is 5.42. The molecule has 0 saturated carbocycles. The van der Waals surface area contributed by atoms with Gasteiger partial charge in [-0.2, -0.15) is 0 Å². The SMILES string of the molecule is CCOC(=O)C(C)OCCc1scnc1C. The van der Waals surface area contributed by atoms with Crippen LogP contribution in [0.2, 0.25) is 0 Å². The molecule has 0 spiro atoms. The van der Waals surface area contributed by atoms with E-state index >= 15 is 0 Å². The lowest BCUT2D eigenvalue weighted by Crippen LogP contribution is -2.24.